The van der Waals surface area contributed by atoms with Crippen molar-refractivity contribution in [1.29, 1.82) is 0 Å². The number of para-hydroxylation sites is 1. The minimum Gasteiger partial charge on any atom is -0.262 e. The highest BCUT2D eigenvalue weighted by Gasteiger charge is 2.27. The standard InChI is InChI=1S/C15H13ClFNO2S/c1-2-10-18(13-6-4-3-5-7-13)21(19,20)15-9-8-12(16)11-14(15)17/h2-9,11H,1,10H2. The van der Waals surface area contributed by atoms with E-state index in [0.29, 0.717) is 5.69 Å². The quantitative estimate of drug-likeness (QED) is 0.783. The van der Waals surface area contributed by atoms with E-state index >= 15 is 0 Å². The fourth-order valence-electron chi connectivity index (χ4n) is 1.86. The number of hydrogen-bond acceptors (Lipinski definition) is 2. The van der Waals surface area contributed by atoms with Gasteiger partial charge in [-0.3, -0.25) is 4.31 Å². The van der Waals surface area contributed by atoms with Crippen molar-refractivity contribution in [2.75, 3.05) is 10.8 Å². The number of anilines is 1. The van der Waals surface area contributed by atoms with Crippen LogP contribution >= 0.6 is 11.6 Å². The van der Waals surface area contributed by atoms with Gasteiger partial charge in [0.25, 0.3) is 10.0 Å². The second-order valence-corrected chi connectivity index (χ2v) is 6.50. The Morgan fingerprint density at radius 2 is 1.86 bits per heavy atom. The van der Waals surface area contributed by atoms with E-state index in [2.05, 4.69) is 6.58 Å². The van der Waals surface area contributed by atoms with Crippen LogP contribution in [0, 0.1) is 5.82 Å². The van der Waals surface area contributed by atoms with Gasteiger partial charge in [0.05, 0.1) is 12.2 Å². The second-order valence-electron chi connectivity index (χ2n) is 4.24. The van der Waals surface area contributed by atoms with E-state index in [0.717, 1.165) is 16.4 Å². The summed E-state index contributed by atoms with van der Waals surface area (Å²) < 4.78 is 40.3. The van der Waals surface area contributed by atoms with Crippen LogP contribution in [0.25, 0.3) is 0 Å². The lowest BCUT2D eigenvalue weighted by Crippen LogP contribution is -2.31. The van der Waals surface area contributed by atoms with E-state index in [1.807, 2.05) is 0 Å². The molecular weight excluding hydrogens is 313 g/mol. The molecule has 0 saturated heterocycles. The van der Waals surface area contributed by atoms with Gasteiger partial charge in [-0.25, -0.2) is 12.8 Å². The zero-order chi connectivity index (χ0) is 15.5. The fraction of sp³-hybridized carbons (Fsp3) is 0.0667. The van der Waals surface area contributed by atoms with Crippen molar-refractivity contribution >= 4 is 27.3 Å². The molecule has 21 heavy (non-hydrogen) atoms. The Morgan fingerprint density at radius 3 is 2.43 bits per heavy atom. The summed E-state index contributed by atoms with van der Waals surface area (Å²) in [5, 5.41) is 0.140. The molecule has 0 spiro atoms. The number of sulfonamides is 1. The Balaban J connectivity index is 2.55. The largest absolute Gasteiger partial charge is 0.267 e. The molecule has 6 heteroatoms. The monoisotopic (exact) mass is 325 g/mol. The van der Waals surface area contributed by atoms with Gasteiger partial charge in [-0.05, 0) is 30.3 Å². The van der Waals surface area contributed by atoms with Crippen LogP contribution in [0.15, 0.2) is 66.1 Å². The number of benzene rings is 2. The van der Waals surface area contributed by atoms with Crippen molar-refractivity contribution in [2.45, 2.75) is 4.90 Å². The van der Waals surface area contributed by atoms with E-state index in [4.69, 9.17) is 11.6 Å². The molecule has 0 fully saturated rings. The number of nitrogens with zero attached hydrogens (tertiary/aromatic N) is 1. The number of hydrogen-bond donors (Lipinski definition) is 0. The maximum Gasteiger partial charge on any atom is 0.267 e. The predicted molar refractivity (Wildman–Crippen MR) is 82.6 cm³/mol. The van der Waals surface area contributed by atoms with Gasteiger partial charge in [-0.2, -0.15) is 0 Å². The summed E-state index contributed by atoms with van der Waals surface area (Å²) in [6.45, 7) is 3.58. The highest BCUT2D eigenvalue weighted by atomic mass is 35.5. The molecule has 0 N–H and O–H groups in total. The molecule has 0 saturated carbocycles. The second kappa shape index (κ2) is 6.28. The molecule has 0 amide bonds. The number of rotatable bonds is 5. The zero-order valence-corrected chi connectivity index (χ0v) is 12.6. The summed E-state index contributed by atoms with van der Waals surface area (Å²) in [7, 11) is -4.04. The van der Waals surface area contributed by atoms with E-state index < -0.39 is 20.7 Å². The van der Waals surface area contributed by atoms with Crippen LogP contribution in [0.2, 0.25) is 5.02 Å². The first kappa shape index (κ1) is 15.5. The van der Waals surface area contributed by atoms with Crippen molar-refractivity contribution in [3.63, 3.8) is 0 Å². The lowest BCUT2D eigenvalue weighted by molar-refractivity contribution is 0.565. The van der Waals surface area contributed by atoms with Crippen LogP contribution in [0.5, 0.6) is 0 Å². The van der Waals surface area contributed by atoms with Crippen molar-refractivity contribution in [3.05, 3.63) is 72.0 Å². The van der Waals surface area contributed by atoms with Gasteiger partial charge in [0.2, 0.25) is 0 Å². The molecule has 0 bridgehead atoms. The third-order valence-corrected chi connectivity index (χ3v) is 4.86. The lowest BCUT2D eigenvalue weighted by atomic mass is 10.3. The summed E-state index contributed by atoms with van der Waals surface area (Å²) in [6, 6.07) is 11.9. The zero-order valence-electron chi connectivity index (χ0n) is 11.0. The summed E-state index contributed by atoms with van der Waals surface area (Å²) in [6.07, 6.45) is 1.44. The first-order chi connectivity index (χ1) is 9.96. The highest BCUT2D eigenvalue weighted by molar-refractivity contribution is 7.92. The molecule has 2 rings (SSSR count). The summed E-state index contributed by atoms with van der Waals surface area (Å²) in [4.78, 5) is -0.419. The van der Waals surface area contributed by atoms with E-state index in [-0.39, 0.29) is 11.6 Å². The third kappa shape index (κ3) is 3.25. The van der Waals surface area contributed by atoms with Crippen LogP contribution in [0.3, 0.4) is 0 Å². The van der Waals surface area contributed by atoms with Crippen LogP contribution in [-0.4, -0.2) is 15.0 Å². The molecule has 0 heterocycles. The normalized spacial score (nSPS) is 11.1. The van der Waals surface area contributed by atoms with Crippen molar-refractivity contribution in [1.82, 2.24) is 0 Å². The molecule has 0 aliphatic rings. The minimum atomic E-state index is -4.04. The van der Waals surface area contributed by atoms with Gasteiger partial charge in [0, 0.05) is 5.02 Å². The molecule has 0 radical (unpaired) electrons. The average Bonchev–Trinajstić information content (AvgIpc) is 2.45. The molecule has 0 aliphatic heterocycles. The van der Waals surface area contributed by atoms with Gasteiger partial charge >= 0.3 is 0 Å². The Hall–Kier alpha value is -1.85. The van der Waals surface area contributed by atoms with Crippen molar-refractivity contribution in [2.24, 2.45) is 0 Å². The van der Waals surface area contributed by atoms with E-state index in [1.165, 1.54) is 12.1 Å². The Kier molecular flexibility index (Phi) is 4.65. The third-order valence-electron chi connectivity index (χ3n) is 2.80. The van der Waals surface area contributed by atoms with E-state index in [9.17, 15) is 12.8 Å². The lowest BCUT2D eigenvalue weighted by Gasteiger charge is -2.23. The van der Waals surface area contributed by atoms with Crippen LogP contribution < -0.4 is 4.31 Å². The molecular formula is C15H13ClFNO2S. The molecule has 0 aliphatic carbocycles. The Labute approximate surface area is 128 Å². The molecule has 2 aromatic rings. The molecule has 0 unspecified atom stereocenters. The summed E-state index contributed by atoms with van der Waals surface area (Å²) in [5.74, 6) is -0.882. The van der Waals surface area contributed by atoms with Crippen LogP contribution in [0.4, 0.5) is 10.1 Å². The maximum absolute atomic E-state index is 13.9. The summed E-state index contributed by atoms with van der Waals surface area (Å²) in [5.41, 5.74) is 0.437. The molecule has 0 atom stereocenters. The van der Waals surface area contributed by atoms with Gasteiger partial charge < -0.3 is 0 Å². The SMILES string of the molecule is C=CCN(c1ccccc1)S(=O)(=O)c1ccc(Cl)cc1F. The topological polar surface area (TPSA) is 37.4 Å². The van der Waals surface area contributed by atoms with Gasteiger partial charge in [0.15, 0.2) is 0 Å². The predicted octanol–water partition coefficient (Wildman–Crippen LogP) is 3.86. The van der Waals surface area contributed by atoms with Gasteiger partial charge in [-0.15, -0.1) is 6.58 Å². The molecule has 0 aromatic heterocycles. The van der Waals surface area contributed by atoms with Crippen LogP contribution in [0.1, 0.15) is 0 Å². The smallest absolute Gasteiger partial charge is 0.262 e. The van der Waals surface area contributed by atoms with Crippen molar-refractivity contribution in [3.8, 4) is 0 Å². The fourth-order valence-corrected chi connectivity index (χ4v) is 3.50. The minimum absolute atomic E-state index is 0.0361. The highest BCUT2D eigenvalue weighted by Crippen LogP contribution is 2.26. The Morgan fingerprint density at radius 1 is 1.19 bits per heavy atom. The Bertz CT molecular complexity index is 748. The van der Waals surface area contributed by atoms with Crippen LogP contribution in [-0.2, 0) is 10.0 Å². The average molecular weight is 326 g/mol. The first-order valence-electron chi connectivity index (χ1n) is 6.10. The first-order valence-corrected chi connectivity index (χ1v) is 7.92. The molecule has 3 nitrogen and oxygen atoms in total. The maximum atomic E-state index is 13.9. The molecule has 2 aromatic carbocycles. The van der Waals surface area contributed by atoms with Crippen molar-refractivity contribution < 1.29 is 12.8 Å². The van der Waals surface area contributed by atoms with Gasteiger partial charge in [-0.1, -0.05) is 35.9 Å². The summed E-state index contributed by atoms with van der Waals surface area (Å²) >= 11 is 5.66. The number of halogens is 2. The van der Waals surface area contributed by atoms with E-state index in [1.54, 1.807) is 30.3 Å². The molecule has 110 valence electrons. The van der Waals surface area contributed by atoms with Gasteiger partial charge in [0.1, 0.15) is 10.7 Å².